The summed E-state index contributed by atoms with van der Waals surface area (Å²) in [5, 5.41) is 0. The van der Waals surface area contributed by atoms with E-state index in [0.29, 0.717) is 17.6 Å². The first-order chi connectivity index (χ1) is 11.8. The molecule has 0 spiro atoms. The van der Waals surface area contributed by atoms with E-state index in [1.54, 1.807) is 0 Å². The van der Waals surface area contributed by atoms with E-state index in [1.165, 1.54) is 19.1 Å². The van der Waals surface area contributed by atoms with E-state index in [1.807, 2.05) is 35.2 Å². The molecule has 6 heteroatoms. The summed E-state index contributed by atoms with van der Waals surface area (Å²) in [5.74, 6) is 1.12. The van der Waals surface area contributed by atoms with Crippen LogP contribution in [0.2, 0.25) is 0 Å². The summed E-state index contributed by atoms with van der Waals surface area (Å²) in [4.78, 5) is 21.3. The summed E-state index contributed by atoms with van der Waals surface area (Å²) < 4.78 is 11.0. The molecule has 1 aromatic heterocycles. The molecule has 126 valence electrons. The third kappa shape index (κ3) is 3.14. The van der Waals surface area contributed by atoms with Crippen LogP contribution in [0.4, 0.5) is 0 Å². The molecule has 0 saturated carbocycles. The van der Waals surface area contributed by atoms with Crippen LogP contribution >= 0.6 is 0 Å². The van der Waals surface area contributed by atoms with Crippen LogP contribution in [0.25, 0.3) is 0 Å². The number of carbonyl (C=O) groups excluding carboxylic acids is 1. The van der Waals surface area contributed by atoms with Gasteiger partial charge in [-0.1, -0.05) is 18.2 Å². The summed E-state index contributed by atoms with van der Waals surface area (Å²) in [5.41, 5.74) is 0.369. The summed E-state index contributed by atoms with van der Waals surface area (Å²) in [7, 11) is 0. The molecule has 2 saturated heterocycles. The van der Waals surface area contributed by atoms with Gasteiger partial charge < -0.3 is 14.1 Å². The van der Waals surface area contributed by atoms with Gasteiger partial charge in [0.1, 0.15) is 12.0 Å². The zero-order valence-corrected chi connectivity index (χ0v) is 13.6. The van der Waals surface area contributed by atoms with Crippen LogP contribution in [0.5, 0.6) is 5.75 Å². The van der Waals surface area contributed by atoms with Gasteiger partial charge in [-0.2, -0.15) is 0 Å². The molecule has 0 N–H and O–H groups in total. The fourth-order valence-corrected chi connectivity index (χ4v) is 3.47. The van der Waals surface area contributed by atoms with Crippen molar-refractivity contribution in [3.8, 4) is 5.75 Å². The van der Waals surface area contributed by atoms with E-state index in [4.69, 9.17) is 9.15 Å². The number of piperazine rings is 1. The molecule has 0 radical (unpaired) electrons. The van der Waals surface area contributed by atoms with Crippen molar-refractivity contribution < 1.29 is 13.9 Å². The van der Waals surface area contributed by atoms with Crippen molar-refractivity contribution in [3.63, 3.8) is 0 Å². The number of para-hydroxylation sites is 1. The maximum absolute atomic E-state index is 12.6. The standard InChI is InChI=1S/C18H21N3O3/c22-18(21-10-9-20-8-4-5-14(20)11-21)16-12-24-17(19-16)13-23-15-6-2-1-3-7-15/h1-3,6-7,12,14H,4-5,8-11,13H2/t14-/m1/s1. The highest BCUT2D eigenvalue weighted by atomic mass is 16.5. The second-order valence-electron chi connectivity index (χ2n) is 6.31. The van der Waals surface area contributed by atoms with Crippen LogP contribution in [0.3, 0.4) is 0 Å². The Labute approximate surface area is 141 Å². The fraction of sp³-hybridized carbons (Fsp3) is 0.444. The summed E-state index contributed by atoms with van der Waals surface area (Å²) in [6, 6.07) is 9.99. The van der Waals surface area contributed by atoms with E-state index >= 15 is 0 Å². The average molecular weight is 327 g/mol. The lowest BCUT2D eigenvalue weighted by Crippen LogP contribution is -2.52. The van der Waals surface area contributed by atoms with Crippen molar-refractivity contribution in [1.82, 2.24) is 14.8 Å². The highest BCUT2D eigenvalue weighted by Gasteiger charge is 2.33. The number of amides is 1. The van der Waals surface area contributed by atoms with E-state index in [9.17, 15) is 4.79 Å². The van der Waals surface area contributed by atoms with Crippen molar-refractivity contribution in [2.24, 2.45) is 0 Å². The molecule has 1 aromatic carbocycles. The molecule has 3 heterocycles. The van der Waals surface area contributed by atoms with Gasteiger partial charge in [-0.05, 0) is 31.5 Å². The normalized spacial score (nSPS) is 20.8. The van der Waals surface area contributed by atoms with Gasteiger partial charge in [0.25, 0.3) is 5.91 Å². The highest BCUT2D eigenvalue weighted by molar-refractivity contribution is 5.92. The number of hydrogen-bond donors (Lipinski definition) is 0. The summed E-state index contributed by atoms with van der Waals surface area (Å²) >= 11 is 0. The lowest BCUT2D eigenvalue weighted by molar-refractivity contribution is 0.0565. The molecule has 0 aliphatic carbocycles. The van der Waals surface area contributed by atoms with Gasteiger partial charge in [-0.25, -0.2) is 4.98 Å². The minimum absolute atomic E-state index is 0.0451. The monoisotopic (exact) mass is 327 g/mol. The topological polar surface area (TPSA) is 58.8 Å². The maximum Gasteiger partial charge on any atom is 0.275 e. The average Bonchev–Trinajstić information content (AvgIpc) is 3.29. The van der Waals surface area contributed by atoms with Gasteiger partial charge >= 0.3 is 0 Å². The van der Waals surface area contributed by atoms with E-state index in [-0.39, 0.29) is 12.5 Å². The maximum atomic E-state index is 12.6. The number of oxazole rings is 1. The third-order valence-electron chi connectivity index (χ3n) is 4.75. The number of ether oxygens (including phenoxy) is 1. The molecule has 0 bridgehead atoms. The van der Waals surface area contributed by atoms with Gasteiger partial charge in [-0.3, -0.25) is 9.69 Å². The van der Waals surface area contributed by atoms with Crippen molar-refractivity contribution >= 4 is 5.91 Å². The number of hydrogen-bond acceptors (Lipinski definition) is 5. The van der Waals surface area contributed by atoms with E-state index in [2.05, 4.69) is 9.88 Å². The molecule has 0 unspecified atom stereocenters. The molecule has 24 heavy (non-hydrogen) atoms. The Morgan fingerprint density at radius 2 is 2.12 bits per heavy atom. The van der Waals surface area contributed by atoms with Crippen LogP contribution in [0, 0.1) is 0 Å². The zero-order valence-electron chi connectivity index (χ0n) is 13.6. The molecular weight excluding hydrogens is 306 g/mol. The Morgan fingerprint density at radius 1 is 1.25 bits per heavy atom. The Bertz CT molecular complexity index is 701. The van der Waals surface area contributed by atoms with Gasteiger partial charge in [0.2, 0.25) is 5.89 Å². The molecule has 2 aliphatic rings. The van der Waals surface area contributed by atoms with Gasteiger partial charge in [0, 0.05) is 25.7 Å². The second-order valence-corrected chi connectivity index (χ2v) is 6.31. The second kappa shape index (κ2) is 6.65. The minimum atomic E-state index is -0.0451. The van der Waals surface area contributed by atoms with Gasteiger partial charge in [0.15, 0.2) is 12.3 Å². The number of fused-ring (bicyclic) bond motifs is 1. The van der Waals surface area contributed by atoms with Crippen LogP contribution in [-0.4, -0.2) is 52.9 Å². The number of nitrogens with zero attached hydrogens (tertiary/aromatic N) is 3. The van der Waals surface area contributed by atoms with Crippen LogP contribution in [0.15, 0.2) is 41.0 Å². The van der Waals surface area contributed by atoms with Crippen molar-refractivity contribution in [3.05, 3.63) is 48.2 Å². The highest BCUT2D eigenvalue weighted by Crippen LogP contribution is 2.22. The SMILES string of the molecule is O=C(c1coc(COc2ccccc2)n1)N1CCN2CCC[C@@H]2C1. The summed E-state index contributed by atoms with van der Waals surface area (Å²) in [6.07, 6.45) is 3.85. The smallest absolute Gasteiger partial charge is 0.275 e. The van der Waals surface area contributed by atoms with Crippen molar-refractivity contribution in [2.75, 3.05) is 26.2 Å². The van der Waals surface area contributed by atoms with Crippen molar-refractivity contribution in [1.29, 1.82) is 0 Å². The first-order valence-corrected chi connectivity index (χ1v) is 8.45. The summed E-state index contributed by atoms with van der Waals surface area (Å²) in [6.45, 7) is 3.89. The molecule has 2 aliphatic heterocycles. The first kappa shape index (κ1) is 15.2. The lowest BCUT2D eigenvalue weighted by atomic mass is 10.1. The predicted molar refractivity (Wildman–Crippen MR) is 87.8 cm³/mol. The Hall–Kier alpha value is -2.34. The predicted octanol–water partition coefficient (Wildman–Crippen LogP) is 2.17. The molecule has 1 atom stereocenters. The molecule has 2 aromatic rings. The van der Waals surface area contributed by atoms with Crippen LogP contribution < -0.4 is 4.74 Å². The van der Waals surface area contributed by atoms with Gasteiger partial charge in [-0.15, -0.1) is 0 Å². The Morgan fingerprint density at radius 3 is 3.00 bits per heavy atom. The minimum Gasteiger partial charge on any atom is -0.484 e. The first-order valence-electron chi connectivity index (χ1n) is 8.45. The number of benzene rings is 1. The van der Waals surface area contributed by atoms with Crippen molar-refractivity contribution in [2.45, 2.75) is 25.5 Å². The lowest BCUT2D eigenvalue weighted by Gasteiger charge is -2.37. The zero-order chi connectivity index (χ0) is 16.4. The number of aromatic nitrogens is 1. The molecular formula is C18H21N3O3. The van der Waals surface area contributed by atoms with E-state index in [0.717, 1.165) is 31.9 Å². The van der Waals surface area contributed by atoms with Crippen LogP contribution in [-0.2, 0) is 6.61 Å². The molecule has 1 amide bonds. The molecule has 6 nitrogen and oxygen atoms in total. The Kier molecular flexibility index (Phi) is 4.21. The largest absolute Gasteiger partial charge is 0.484 e. The number of carbonyl (C=O) groups is 1. The molecule has 4 rings (SSSR count). The third-order valence-corrected chi connectivity index (χ3v) is 4.75. The van der Waals surface area contributed by atoms with Crippen LogP contribution in [0.1, 0.15) is 29.2 Å². The number of rotatable bonds is 4. The fourth-order valence-electron chi connectivity index (χ4n) is 3.47. The van der Waals surface area contributed by atoms with Gasteiger partial charge in [0.05, 0.1) is 0 Å². The Balaban J connectivity index is 1.36. The quantitative estimate of drug-likeness (QED) is 0.861. The molecule has 2 fully saturated rings. The van der Waals surface area contributed by atoms with E-state index < -0.39 is 0 Å².